The van der Waals surface area contributed by atoms with Crippen LogP contribution in [0.3, 0.4) is 0 Å². The number of halogens is 1. The first-order chi connectivity index (χ1) is 8.77. The van der Waals surface area contributed by atoms with Gasteiger partial charge < -0.3 is 4.42 Å². The highest BCUT2D eigenvalue weighted by Gasteiger charge is 2.14. The van der Waals surface area contributed by atoms with E-state index in [1.807, 2.05) is 6.92 Å². The van der Waals surface area contributed by atoms with Gasteiger partial charge >= 0.3 is 0 Å². The Balaban J connectivity index is 2.55. The fourth-order valence-corrected chi connectivity index (χ4v) is 2.02. The topological polar surface area (TPSA) is 49.8 Å². The summed E-state index contributed by atoms with van der Waals surface area (Å²) in [6.07, 6.45) is 5.58. The number of nitriles is 1. The van der Waals surface area contributed by atoms with Crippen LogP contribution in [0.4, 0.5) is 0 Å². The predicted molar refractivity (Wildman–Crippen MR) is 70.6 cm³/mol. The van der Waals surface area contributed by atoms with Crippen LogP contribution in [0, 0.1) is 11.3 Å². The van der Waals surface area contributed by atoms with E-state index in [1.165, 1.54) is 0 Å². The number of aryl methyl sites for hydroxylation is 1. The highest BCUT2D eigenvalue weighted by atomic mass is 35.5. The molecule has 0 atom stereocenters. The van der Waals surface area contributed by atoms with Crippen LogP contribution < -0.4 is 0 Å². The number of hydrogen-bond donors (Lipinski definition) is 0. The van der Waals surface area contributed by atoms with E-state index in [-0.39, 0.29) is 0 Å². The molecule has 0 spiro atoms. The van der Waals surface area contributed by atoms with E-state index in [9.17, 15) is 5.26 Å². The fraction of sp³-hybridized carbons (Fsp3) is 0.143. The second kappa shape index (κ2) is 5.52. The Kier molecular flexibility index (Phi) is 3.81. The number of nitrogens with zero attached hydrogens (tertiary/aromatic N) is 2. The van der Waals surface area contributed by atoms with Crippen LogP contribution in [0.2, 0.25) is 0 Å². The maximum absolute atomic E-state index is 9.26. The molecule has 0 aliphatic rings. The Labute approximate surface area is 110 Å². The Hall–Kier alpha value is -2.05. The average Bonchev–Trinajstić information content (AvgIpc) is 2.89. The third-order valence-corrected chi connectivity index (χ3v) is 2.98. The lowest BCUT2D eigenvalue weighted by Crippen LogP contribution is -1.89. The number of furan rings is 1. The van der Waals surface area contributed by atoms with Gasteiger partial charge in [0, 0.05) is 29.9 Å². The SMILES string of the molecule is CCc1occc1/C(Cl)=C(/C#N)c1cccnc1. The number of hydrogen-bond acceptors (Lipinski definition) is 3. The second-order valence-electron chi connectivity index (χ2n) is 3.65. The molecule has 90 valence electrons. The third-order valence-electron chi connectivity index (χ3n) is 2.58. The molecule has 0 unspecified atom stereocenters. The van der Waals surface area contributed by atoms with Gasteiger partial charge in [-0.05, 0) is 12.1 Å². The highest BCUT2D eigenvalue weighted by molar-refractivity contribution is 6.53. The summed E-state index contributed by atoms with van der Waals surface area (Å²) in [6, 6.07) is 7.47. The van der Waals surface area contributed by atoms with E-state index < -0.39 is 0 Å². The van der Waals surface area contributed by atoms with Gasteiger partial charge in [-0.1, -0.05) is 24.6 Å². The molecule has 0 fully saturated rings. The summed E-state index contributed by atoms with van der Waals surface area (Å²) in [6.45, 7) is 1.97. The van der Waals surface area contributed by atoms with Gasteiger partial charge in [0.2, 0.25) is 0 Å². The summed E-state index contributed by atoms with van der Waals surface area (Å²) in [5, 5.41) is 9.66. The largest absolute Gasteiger partial charge is 0.469 e. The summed E-state index contributed by atoms with van der Waals surface area (Å²) >= 11 is 6.30. The first-order valence-electron chi connectivity index (χ1n) is 5.55. The van der Waals surface area contributed by atoms with Gasteiger partial charge in [-0.15, -0.1) is 0 Å². The molecular weight excluding hydrogens is 248 g/mol. The monoisotopic (exact) mass is 258 g/mol. The Morgan fingerprint density at radius 1 is 1.50 bits per heavy atom. The first kappa shape index (κ1) is 12.4. The van der Waals surface area contributed by atoms with Crippen LogP contribution in [-0.2, 0) is 6.42 Å². The Morgan fingerprint density at radius 3 is 2.94 bits per heavy atom. The maximum Gasteiger partial charge on any atom is 0.112 e. The van der Waals surface area contributed by atoms with Crippen LogP contribution in [0.5, 0.6) is 0 Å². The van der Waals surface area contributed by atoms with Crippen molar-refractivity contribution < 1.29 is 4.42 Å². The normalized spacial score (nSPS) is 11.8. The standard InChI is InChI=1S/C14H11ClN2O/c1-2-13-11(5-7-18-13)14(15)12(8-16)10-4-3-6-17-9-10/h3-7,9H,2H2,1H3/b14-12+. The number of pyridine rings is 1. The predicted octanol–water partition coefficient (Wildman–Crippen LogP) is 3.87. The average molecular weight is 259 g/mol. The van der Waals surface area contributed by atoms with Crippen LogP contribution in [0.25, 0.3) is 10.6 Å². The van der Waals surface area contributed by atoms with Crippen molar-refractivity contribution >= 4 is 22.2 Å². The van der Waals surface area contributed by atoms with Crippen molar-refractivity contribution in [3.05, 3.63) is 53.7 Å². The summed E-state index contributed by atoms with van der Waals surface area (Å²) in [4.78, 5) is 3.99. The van der Waals surface area contributed by atoms with Crippen LogP contribution in [0.15, 0.2) is 41.3 Å². The molecule has 2 heterocycles. The Bertz CT molecular complexity index is 608. The van der Waals surface area contributed by atoms with Crippen LogP contribution in [-0.4, -0.2) is 4.98 Å². The molecule has 0 saturated heterocycles. The van der Waals surface area contributed by atoms with Crippen molar-refractivity contribution in [2.45, 2.75) is 13.3 Å². The van der Waals surface area contributed by atoms with Crippen molar-refractivity contribution in [1.29, 1.82) is 5.26 Å². The second-order valence-corrected chi connectivity index (χ2v) is 4.03. The van der Waals surface area contributed by atoms with Crippen molar-refractivity contribution in [2.24, 2.45) is 0 Å². The summed E-state index contributed by atoms with van der Waals surface area (Å²) in [5.41, 5.74) is 1.87. The minimum absolute atomic E-state index is 0.399. The minimum atomic E-state index is 0.399. The zero-order valence-corrected chi connectivity index (χ0v) is 10.6. The third kappa shape index (κ3) is 2.29. The van der Waals surface area contributed by atoms with Gasteiger partial charge in [0.25, 0.3) is 0 Å². The van der Waals surface area contributed by atoms with E-state index in [1.54, 1.807) is 36.9 Å². The molecule has 2 aromatic heterocycles. The molecule has 0 saturated carbocycles. The quantitative estimate of drug-likeness (QED) is 0.786. The molecule has 0 N–H and O–H groups in total. The highest BCUT2D eigenvalue weighted by Crippen LogP contribution is 2.31. The molecule has 4 heteroatoms. The van der Waals surface area contributed by atoms with Crippen molar-refractivity contribution in [3.8, 4) is 6.07 Å². The summed E-state index contributed by atoms with van der Waals surface area (Å²) in [7, 11) is 0. The Morgan fingerprint density at radius 2 is 2.33 bits per heavy atom. The van der Waals surface area contributed by atoms with Gasteiger partial charge in [-0.25, -0.2) is 0 Å². The summed E-state index contributed by atoms with van der Waals surface area (Å²) < 4.78 is 5.32. The molecule has 0 radical (unpaired) electrons. The molecule has 3 nitrogen and oxygen atoms in total. The maximum atomic E-state index is 9.26. The van der Waals surface area contributed by atoms with Gasteiger partial charge in [0.15, 0.2) is 0 Å². The number of allylic oxidation sites excluding steroid dienone is 1. The van der Waals surface area contributed by atoms with E-state index in [4.69, 9.17) is 16.0 Å². The van der Waals surface area contributed by atoms with E-state index in [2.05, 4.69) is 11.1 Å². The first-order valence-corrected chi connectivity index (χ1v) is 5.92. The smallest absolute Gasteiger partial charge is 0.112 e. The van der Waals surface area contributed by atoms with Crippen LogP contribution in [0.1, 0.15) is 23.8 Å². The van der Waals surface area contributed by atoms with Crippen molar-refractivity contribution in [1.82, 2.24) is 4.98 Å². The lowest BCUT2D eigenvalue weighted by molar-refractivity contribution is 0.515. The fourth-order valence-electron chi connectivity index (χ4n) is 1.70. The van der Waals surface area contributed by atoms with Gasteiger partial charge in [-0.2, -0.15) is 5.26 Å². The molecule has 2 aromatic rings. The zero-order chi connectivity index (χ0) is 13.0. The zero-order valence-electron chi connectivity index (χ0n) is 9.85. The van der Waals surface area contributed by atoms with Gasteiger partial charge in [0.05, 0.1) is 16.9 Å². The van der Waals surface area contributed by atoms with Gasteiger partial charge in [0.1, 0.15) is 11.8 Å². The molecule has 18 heavy (non-hydrogen) atoms. The summed E-state index contributed by atoms with van der Waals surface area (Å²) in [5.74, 6) is 0.775. The van der Waals surface area contributed by atoms with E-state index >= 15 is 0 Å². The molecule has 0 amide bonds. The number of aromatic nitrogens is 1. The molecule has 0 aromatic carbocycles. The molecule has 0 aliphatic carbocycles. The molecule has 0 bridgehead atoms. The molecular formula is C14H11ClN2O. The van der Waals surface area contributed by atoms with E-state index in [0.29, 0.717) is 16.2 Å². The lowest BCUT2D eigenvalue weighted by Gasteiger charge is -2.03. The molecule has 0 aliphatic heterocycles. The van der Waals surface area contributed by atoms with Gasteiger partial charge in [-0.3, -0.25) is 4.98 Å². The van der Waals surface area contributed by atoms with Crippen LogP contribution >= 0.6 is 11.6 Å². The minimum Gasteiger partial charge on any atom is -0.469 e. The van der Waals surface area contributed by atoms with Crippen molar-refractivity contribution in [3.63, 3.8) is 0 Å². The lowest BCUT2D eigenvalue weighted by atomic mass is 10.1. The molecule has 2 rings (SSSR count). The number of rotatable bonds is 3. The van der Waals surface area contributed by atoms with E-state index in [0.717, 1.165) is 17.7 Å². The van der Waals surface area contributed by atoms with Crippen molar-refractivity contribution in [2.75, 3.05) is 0 Å².